The SMILES string of the molecule is Cc1ccc(S(=O)(=O)N2CCC(c3c(C)n(CC(=O)N4CCCC4)c4ccccc34)CC2)c(C)c1. The summed E-state index contributed by atoms with van der Waals surface area (Å²) in [5, 5.41) is 1.19. The second-order valence-electron chi connectivity index (χ2n) is 10.1. The minimum Gasteiger partial charge on any atom is -0.341 e. The van der Waals surface area contributed by atoms with Crippen LogP contribution >= 0.6 is 0 Å². The maximum atomic E-state index is 13.4. The molecule has 0 bridgehead atoms. The lowest BCUT2D eigenvalue weighted by Gasteiger charge is -2.32. The number of aryl methyl sites for hydroxylation is 2. The highest BCUT2D eigenvalue weighted by molar-refractivity contribution is 7.89. The molecule has 2 fully saturated rings. The molecule has 0 saturated carbocycles. The number of sulfonamides is 1. The molecular formula is C28H35N3O3S. The number of carbonyl (C=O) groups is 1. The van der Waals surface area contributed by atoms with E-state index in [4.69, 9.17) is 0 Å². The number of piperidine rings is 1. The minimum absolute atomic E-state index is 0.187. The standard InChI is InChI=1S/C28H35N3O3S/c1-20-10-11-26(21(2)18-20)35(33,34)30-16-12-23(13-17-30)28-22(3)31(25-9-5-4-8-24(25)28)19-27(32)29-14-6-7-15-29/h4-5,8-11,18,23H,6-7,12-17,19H2,1-3H3. The van der Waals surface area contributed by atoms with Gasteiger partial charge >= 0.3 is 0 Å². The summed E-state index contributed by atoms with van der Waals surface area (Å²) < 4.78 is 30.6. The molecule has 0 N–H and O–H groups in total. The first-order chi connectivity index (χ1) is 16.8. The minimum atomic E-state index is -3.51. The van der Waals surface area contributed by atoms with Crippen molar-refractivity contribution in [2.45, 2.75) is 63.8 Å². The van der Waals surface area contributed by atoms with E-state index in [1.165, 1.54) is 10.9 Å². The Hall–Kier alpha value is -2.64. The number of likely N-dealkylation sites (tertiary alicyclic amines) is 1. The zero-order valence-electron chi connectivity index (χ0n) is 21.0. The monoisotopic (exact) mass is 493 g/mol. The van der Waals surface area contributed by atoms with E-state index >= 15 is 0 Å². The summed E-state index contributed by atoms with van der Waals surface area (Å²) in [5.41, 5.74) is 5.37. The topological polar surface area (TPSA) is 62.6 Å². The van der Waals surface area contributed by atoms with Gasteiger partial charge in [0, 0.05) is 42.8 Å². The quantitative estimate of drug-likeness (QED) is 0.515. The fourth-order valence-corrected chi connectivity index (χ4v) is 7.67. The van der Waals surface area contributed by atoms with Gasteiger partial charge in [0.25, 0.3) is 0 Å². The Morgan fingerprint density at radius 2 is 1.63 bits per heavy atom. The largest absolute Gasteiger partial charge is 0.341 e. The smallest absolute Gasteiger partial charge is 0.243 e. The normalized spacial score (nSPS) is 18.0. The number of hydrogen-bond donors (Lipinski definition) is 0. The Labute approximate surface area is 208 Å². The van der Waals surface area contributed by atoms with E-state index < -0.39 is 10.0 Å². The number of aromatic nitrogens is 1. The van der Waals surface area contributed by atoms with Crippen molar-refractivity contribution in [3.05, 3.63) is 64.8 Å². The van der Waals surface area contributed by atoms with Crippen LogP contribution in [-0.2, 0) is 21.4 Å². The fourth-order valence-electron chi connectivity index (χ4n) is 5.99. The molecule has 2 saturated heterocycles. The number of benzene rings is 2. The van der Waals surface area contributed by atoms with Crippen molar-refractivity contribution in [3.8, 4) is 0 Å². The second-order valence-corrected chi connectivity index (χ2v) is 12.0. The summed E-state index contributed by atoms with van der Waals surface area (Å²) in [6.45, 7) is 9.06. The Morgan fingerprint density at radius 1 is 0.943 bits per heavy atom. The number of hydrogen-bond acceptors (Lipinski definition) is 3. The highest BCUT2D eigenvalue weighted by Crippen LogP contribution is 2.38. The van der Waals surface area contributed by atoms with Crippen molar-refractivity contribution in [1.29, 1.82) is 0 Å². The van der Waals surface area contributed by atoms with Crippen molar-refractivity contribution >= 4 is 26.8 Å². The Morgan fingerprint density at radius 3 is 2.31 bits per heavy atom. The number of amides is 1. The number of carbonyl (C=O) groups excluding carboxylic acids is 1. The van der Waals surface area contributed by atoms with Crippen LogP contribution in [0.4, 0.5) is 0 Å². The lowest BCUT2D eigenvalue weighted by Crippen LogP contribution is -2.38. The molecule has 5 rings (SSSR count). The van der Waals surface area contributed by atoms with Crippen LogP contribution in [0.15, 0.2) is 47.4 Å². The van der Waals surface area contributed by atoms with Crippen molar-refractivity contribution < 1.29 is 13.2 Å². The summed E-state index contributed by atoms with van der Waals surface area (Å²) in [5.74, 6) is 0.459. The average molecular weight is 494 g/mol. The molecule has 35 heavy (non-hydrogen) atoms. The van der Waals surface area contributed by atoms with Gasteiger partial charge < -0.3 is 9.47 Å². The van der Waals surface area contributed by atoms with Crippen LogP contribution in [0.25, 0.3) is 10.9 Å². The van der Waals surface area contributed by atoms with Crippen LogP contribution in [0.1, 0.15) is 54.0 Å². The molecule has 3 heterocycles. The number of nitrogens with zero attached hydrogens (tertiary/aromatic N) is 3. The van der Waals surface area contributed by atoms with Gasteiger partial charge in [0.15, 0.2) is 0 Å². The fraction of sp³-hybridized carbons (Fsp3) is 0.464. The first-order valence-electron chi connectivity index (χ1n) is 12.7. The van der Waals surface area contributed by atoms with E-state index in [9.17, 15) is 13.2 Å². The van der Waals surface area contributed by atoms with Gasteiger partial charge in [-0.3, -0.25) is 4.79 Å². The van der Waals surface area contributed by atoms with E-state index in [1.54, 1.807) is 10.4 Å². The molecule has 186 valence electrons. The number of para-hydroxylation sites is 1. The molecule has 1 aromatic heterocycles. The van der Waals surface area contributed by atoms with Crippen LogP contribution in [0.2, 0.25) is 0 Å². The van der Waals surface area contributed by atoms with E-state index in [0.717, 1.165) is 61.1 Å². The number of rotatable bonds is 5. The van der Waals surface area contributed by atoms with Crippen molar-refractivity contribution in [2.75, 3.05) is 26.2 Å². The predicted octanol–water partition coefficient (Wildman–Crippen LogP) is 4.76. The third-order valence-electron chi connectivity index (χ3n) is 7.84. The van der Waals surface area contributed by atoms with E-state index in [1.807, 2.05) is 36.9 Å². The summed E-state index contributed by atoms with van der Waals surface area (Å²) in [7, 11) is -3.51. The molecule has 0 atom stereocenters. The van der Waals surface area contributed by atoms with Crippen LogP contribution in [0.3, 0.4) is 0 Å². The molecule has 0 radical (unpaired) electrons. The molecule has 0 aliphatic carbocycles. The van der Waals surface area contributed by atoms with Crippen LogP contribution in [0.5, 0.6) is 0 Å². The van der Waals surface area contributed by atoms with Gasteiger partial charge in [-0.2, -0.15) is 4.31 Å². The summed E-state index contributed by atoms with van der Waals surface area (Å²) in [6.07, 6.45) is 3.73. The molecule has 2 aromatic carbocycles. The third kappa shape index (κ3) is 4.40. The molecule has 7 heteroatoms. The Kier molecular flexibility index (Phi) is 6.49. The van der Waals surface area contributed by atoms with Gasteiger partial charge in [-0.05, 0) is 75.6 Å². The van der Waals surface area contributed by atoms with E-state index in [-0.39, 0.29) is 11.8 Å². The molecule has 2 aliphatic rings. The van der Waals surface area contributed by atoms with Gasteiger partial charge in [0.2, 0.25) is 15.9 Å². The highest BCUT2D eigenvalue weighted by Gasteiger charge is 2.33. The molecule has 0 unspecified atom stereocenters. The maximum absolute atomic E-state index is 13.4. The molecule has 1 amide bonds. The van der Waals surface area contributed by atoms with Gasteiger partial charge in [-0.25, -0.2) is 8.42 Å². The zero-order valence-corrected chi connectivity index (χ0v) is 21.8. The molecule has 2 aliphatic heterocycles. The van der Waals surface area contributed by atoms with Gasteiger partial charge in [0.05, 0.1) is 4.90 Å². The first kappa shape index (κ1) is 24.1. The van der Waals surface area contributed by atoms with Crippen molar-refractivity contribution in [3.63, 3.8) is 0 Å². The van der Waals surface area contributed by atoms with Crippen LogP contribution in [0, 0.1) is 20.8 Å². The molecule has 6 nitrogen and oxygen atoms in total. The van der Waals surface area contributed by atoms with Gasteiger partial charge in [-0.1, -0.05) is 35.9 Å². The second kappa shape index (κ2) is 9.43. The Balaban J connectivity index is 1.39. The molecule has 3 aromatic rings. The summed E-state index contributed by atoms with van der Waals surface area (Å²) in [6, 6.07) is 13.9. The third-order valence-corrected chi connectivity index (χ3v) is 9.90. The lowest BCUT2D eigenvalue weighted by molar-refractivity contribution is -0.130. The van der Waals surface area contributed by atoms with Crippen molar-refractivity contribution in [1.82, 2.24) is 13.8 Å². The zero-order chi connectivity index (χ0) is 24.7. The molecular weight excluding hydrogens is 458 g/mol. The van der Waals surface area contributed by atoms with Gasteiger partial charge in [-0.15, -0.1) is 0 Å². The first-order valence-corrected chi connectivity index (χ1v) is 14.1. The maximum Gasteiger partial charge on any atom is 0.243 e. The van der Waals surface area contributed by atoms with Crippen LogP contribution < -0.4 is 0 Å². The summed E-state index contributed by atoms with van der Waals surface area (Å²) >= 11 is 0. The molecule has 0 spiro atoms. The Bertz CT molecular complexity index is 1360. The summed E-state index contributed by atoms with van der Waals surface area (Å²) in [4.78, 5) is 15.4. The van der Waals surface area contributed by atoms with Crippen LogP contribution in [-0.4, -0.2) is 54.3 Å². The van der Waals surface area contributed by atoms with E-state index in [0.29, 0.717) is 24.5 Å². The highest BCUT2D eigenvalue weighted by atomic mass is 32.2. The van der Waals surface area contributed by atoms with Crippen molar-refractivity contribution in [2.24, 2.45) is 0 Å². The number of fused-ring (bicyclic) bond motifs is 1. The predicted molar refractivity (Wildman–Crippen MR) is 139 cm³/mol. The van der Waals surface area contributed by atoms with Gasteiger partial charge in [0.1, 0.15) is 6.54 Å². The van der Waals surface area contributed by atoms with E-state index in [2.05, 4.69) is 29.7 Å². The lowest BCUT2D eigenvalue weighted by atomic mass is 9.88. The average Bonchev–Trinajstić information content (AvgIpc) is 3.46.